The molecule has 0 amide bonds. The maximum absolute atomic E-state index is 9.38. The fourth-order valence-corrected chi connectivity index (χ4v) is 2.49. The van der Waals surface area contributed by atoms with E-state index in [9.17, 15) is 5.11 Å². The van der Waals surface area contributed by atoms with Crippen molar-refractivity contribution in [2.24, 2.45) is 0 Å². The summed E-state index contributed by atoms with van der Waals surface area (Å²) >= 11 is 3.47. The van der Waals surface area contributed by atoms with Crippen molar-refractivity contribution in [3.63, 3.8) is 0 Å². The second kappa shape index (κ2) is 4.55. The van der Waals surface area contributed by atoms with Crippen LogP contribution in [0.3, 0.4) is 0 Å². The molecule has 0 bridgehead atoms. The van der Waals surface area contributed by atoms with Crippen LogP contribution in [0.15, 0.2) is 53.1 Å². The van der Waals surface area contributed by atoms with E-state index in [0.29, 0.717) is 5.69 Å². The van der Waals surface area contributed by atoms with Crippen LogP contribution in [0.5, 0.6) is 5.75 Å². The van der Waals surface area contributed by atoms with E-state index in [1.54, 1.807) is 18.3 Å². The van der Waals surface area contributed by atoms with E-state index < -0.39 is 0 Å². The molecule has 3 N–H and O–H groups in total. The Kier molecular flexibility index (Phi) is 2.87. The lowest BCUT2D eigenvalue weighted by Crippen LogP contribution is -1.93. The summed E-state index contributed by atoms with van der Waals surface area (Å²) in [5, 5.41) is 10.4. The Morgan fingerprint density at radius 1 is 1.05 bits per heavy atom. The van der Waals surface area contributed by atoms with Gasteiger partial charge in [0.15, 0.2) is 0 Å². The molecule has 3 rings (SSSR count). The number of pyridine rings is 1. The van der Waals surface area contributed by atoms with Crippen molar-refractivity contribution in [1.29, 1.82) is 0 Å². The number of aromatic nitrogens is 1. The molecule has 0 aliphatic heterocycles. The highest BCUT2D eigenvalue weighted by Gasteiger charge is 2.09. The number of aromatic hydroxyl groups is 1. The van der Waals surface area contributed by atoms with Crippen LogP contribution in [0.25, 0.3) is 22.0 Å². The van der Waals surface area contributed by atoms with Gasteiger partial charge in [-0.1, -0.05) is 28.1 Å². The second-order valence-electron chi connectivity index (χ2n) is 4.30. The number of phenolic OH excluding ortho intramolecular Hbond substituents is 1. The number of fused-ring (bicyclic) bond motifs is 1. The zero-order valence-electron chi connectivity index (χ0n) is 9.97. The summed E-state index contributed by atoms with van der Waals surface area (Å²) < 4.78 is 0.979. The molecule has 0 fully saturated rings. The quantitative estimate of drug-likeness (QED) is 0.715. The molecule has 0 unspecified atom stereocenters. The van der Waals surface area contributed by atoms with E-state index in [1.165, 1.54) is 0 Å². The standard InChI is InChI=1S/C15H11BrN2O/c16-10-3-6-14-12(7-10)15(13(17)8-18-14)9-1-4-11(19)5-2-9/h1-8,19H,17H2. The summed E-state index contributed by atoms with van der Waals surface area (Å²) in [5.74, 6) is 0.238. The van der Waals surface area contributed by atoms with E-state index in [4.69, 9.17) is 5.73 Å². The molecular weight excluding hydrogens is 304 g/mol. The SMILES string of the molecule is Nc1cnc2ccc(Br)cc2c1-c1ccc(O)cc1. The monoisotopic (exact) mass is 314 g/mol. The van der Waals surface area contributed by atoms with Gasteiger partial charge < -0.3 is 10.8 Å². The van der Waals surface area contributed by atoms with Crippen molar-refractivity contribution in [3.8, 4) is 16.9 Å². The van der Waals surface area contributed by atoms with E-state index >= 15 is 0 Å². The van der Waals surface area contributed by atoms with E-state index in [1.807, 2.05) is 30.3 Å². The summed E-state index contributed by atoms with van der Waals surface area (Å²) in [4.78, 5) is 4.33. The molecule has 1 aromatic heterocycles. The number of phenols is 1. The summed E-state index contributed by atoms with van der Waals surface area (Å²) in [7, 11) is 0. The van der Waals surface area contributed by atoms with Gasteiger partial charge in [-0.05, 0) is 35.9 Å². The number of halogens is 1. The molecule has 0 radical (unpaired) electrons. The van der Waals surface area contributed by atoms with Gasteiger partial charge in [0.2, 0.25) is 0 Å². The minimum Gasteiger partial charge on any atom is -0.508 e. The Labute approximate surface area is 118 Å². The molecule has 0 aliphatic rings. The first-order chi connectivity index (χ1) is 9.15. The smallest absolute Gasteiger partial charge is 0.115 e. The number of nitrogens with two attached hydrogens (primary N) is 1. The van der Waals surface area contributed by atoms with Crippen LogP contribution in [-0.2, 0) is 0 Å². The van der Waals surface area contributed by atoms with Gasteiger partial charge in [0.1, 0.15) is 5.75 Å². The molecule has 3 aromatic rings. The third-order valence-electron chi connectivity index (χ3n) is 3.02. The van der Waals surface area contributed by atoms with Crippen molar-refractivity contribution in [3.05, 3.63) is 53.1 Å². The van der Waals surface area contributed by atoms with Crippen molar-refractivity contribution >= 4 is 32.5 Å². The van der Waals surface area contributed by atoms with Gasteiger partial charge in [-0.3, -0.25) is 4.98 Å². The fourth-order valence-electron chi connectivity index (χ4n) is 2.13. The number of benzene rings is 2. The number of rotatable bonds is 1. The fraction of sp³-hybridized carbons (Fsp3) is 0. The van der Waals surface area contributed by atoms with Gasteiger partial charge in [-0.2, -0.15) is 0 Å². The van der Waals surface area contributed by atoms with Crippen LogP contribution in [0.4, 0.5) is 5.69 Å². The topological polar surface area (TPSA) is 59.1 Å². The largest absolute Gasteiger partial charge is 0.508 e. The van der Waals surface area contributed by atoms with Crippen LogP contribution in [-0.4, -0.2) is 10.1 Å². The van der Waals surface area contributed by atoms with Crippen molar-refractivity contribution in [2.45, 2.75) is 0 Å². The van der Waals surface area contributed by atoms with Crippen LogP contribution in [0, 0.1) is 0 Å². The lowest BCUT2D eigenvalue weighted by Gasteiger charge is -2.10. The molecule has 3 nitrogen and oxygen atoms in total. The molecule has 94 valence electrons. The predicted molar refractivity (Wildman–Crippen MR) is 81.0 cm³/mol. The molecule has 2 aromatic carbocycles. The molecule has 0 aliphatic carbocycles. The first kappa shape index (κ1) is 12.0. The first-order valence-corrected chi connectivity index (χ1v) is 6.57. The number of hydrogen-bond acceptors (Lipinski definition) is 3. The van der Waals surface area contributed by atoms with Crippen molar-refractivity contribution in [1.82, 2.24) is 4.98 Å². The molecule has 19 heavy (non-hydrogen) atoms. The Balaban J connectivity index is 2.35. The minimum absolute atomic E-state index is 0.238. The minimum atomic E-state index is 0.238. The number of nitrogens with zero attached hydrogens (tertiary/aromatic N) is 1. The average Bonchev–Trinajstić information content (AvgIpc) is 2.40. The molecule has 0 saturated carbocycles. The Morgan fingerprint density at radius 3 is 2.53 bits per heavy atom. The summed E-state index contributed by atoms with van der Waals surface area (Å²) in [6.07, 6.45) is 1.67. The van der Waals surface area contributed by atoms with Gasteiger partial charge in [0.05, 0.1) is 17.4 Å². The Hall–Kier alpha value is -2.07. The van der Waals surface area contributed by atoms with Crippen molar-refractivity contribution < 1.29 is 5.11 Å². The molecule has 0 spiro atoms. The summed E-state index contributed by atoms with van der Waals surface area (Å²) in [6.45, 7) is 0. The third-order valence-corrected chi connectivity index (χ3v) is 3.51. The van der Waals surface area contributed by atoms with Crippen LogP contribution in [0.2, 0.25) is 0 Å². The Morgan fingerprint density at radius 2 is 1.79 bits per heavy atom. The molecule has 1 heterocycles. The van der Waals surface area contributed by atoms with Gasteiger partial charge in [0.25, 0.3) is 0 Å². The van der Waals surface area contributed by atoms with Crippen LogP contribution >= 0.6 is 15.9 Å². The number of nitrogen functional groups attached to an aromatic ring is 1. The number of anilines is 1. The van der Waals surface area contributed by atoms with Gasteiger partial charge in [0, 0.05) is 15.4 Å². The maximum atomic E-state index is 9.38. The average molecular weight is 315 g/mol. The van der Waals surface area contributed by atoms with Crippen LogP contribution in [0.1, 0.15) is 0 Å². The van der Waals surface area contributed by atoms with E-state index in [0.717, 1.165) is 26.5 Å². The maximum Gasteiger partial charge on any atom is 0.115 e. The molecular formula is C15H11BrN2O. The zero-order chi connectivity index (χ0) is 13.4. The Bertz CT molecular complexity index is 749. The first-order valence-electron chi connectivity index (χ1n) is 5.78. The van der Waals surface area contributed by atoms with Gasteiger partial charge >= 0.3 is 0 Å². The number of hydrogen-bond donors (Lipinski definition) is 2. The highest BCUT2D eigenvalue weighted by Crippen LogP contribution is 2.34. The van der Waals surface area contributed by atoms with Crippen molar-refractivity contribution in [2.75, 3.05) is 5.73 Å². The van der Waals surface area contributed by atoms with E-state index in [-0.39, 0.29) is 5.75 Å². The van der Waals surface area contributed by atoms with Gasteiger partial charge in [-0.15, -0.1) is 0 Å². The highest BCUT2D eigenvalue weighted by atomic mass is 79.9. The molecule has 0 atom stereocenters. The lowest BCUT2D eigenvalue weighted by molar-refractivity contribution is 0.475. The van der Waals surface area contributed by atoms with Crippen LogP contribution < -0.4 is 5.73 Å². The summed E-state index contributed by atoms with van der Waals surface area (Å²) in [5.41, 5.74) is 9.47. The zero-order valence-corrected chi connectivity index (χ0v) is 11.6. The highest BCUT2D eigenvalue weighted by molar-refractivity contribution is 9.10. The second-order valence-corrected chi connectivity index (χ2v) is 5.21. The third kappa shape index (κ3) is 2.15. The normalized spacial score (nSPS) is 10.8. The van der Waals surface area contributed by atoms with E-state index in [2.05, 4.69) is 20.9 Å². The lowest BCUT2D eigenvalue weighted by atomic mass is 10.00. The summed E-state index contributed by atoms with van der Waals surface area (Å²) in [6, 6.07) is 12.9. The van der Waals surface area contributed by atoms with Gasteiger partial charge in [-0.25, -0.2) is 0 Å². The molecule has 0 saturated heterocycles. The molecule has 4 heteroatoms. The predicted octanol–water partition coefficient (Wildman–Crippen LogP) is 3.95.